The van der Waals surface area contributed by atoms with Crippen molar-refractivity contribution in [1.82, 2.24) is 0 Å². The smallest absolute Gasteiger partial charge is 0.140 e. The average molecular weight is 254 g/mol. The van der Waals surface area contributed by atoms with Gasteiger partial charge in [-0.25, -0.2) is 5.01 Å². The van der Waals surface area contributed by atoms with Gasteiger partial charge >= 0.3 is 0 Å². The number of hydrogen-bond donors (Lipinski definition) is 1. The first-order valence-corrected chi connectivity index (χ1v) is 6.29. The van der Waals surface area contributed by atoms with Crippen molar-refractivity contribution in [1.29, 1.82) is 10.7 Å². The van der Waals surface area contributed by atoms with Crippen molar-refractivity contribution in [2.24, 2.45) is 16.9 Å². The van der Waals surface area contributed by atoms with E-state index in [1.807, 2.05) is 30.3 Å². The molecule has 1 fully saturated rings. The lowest BCUT2D eigenvalue weighted by Gasteiger charge is -2.36. The van der Waals surface area contributed by atoms with E-state index < -0.39 is 5.92 Å². The van der Waals surface area contributed by atoms with Crippen LogP contribution in [0, 0.1) is 28.6 Å². The van der Waals surface area contributed by atoms with Crippen LogP contribution in [0.1, 0.15) is 6.42 Å². The molecule has 0 saturated carbocycles. The molecule has 5 nitrogen and oxygen atoms in total. The van der Waals surface area contributed by atoms with Crippen LogP contribution in [0.3, 0.4) is 0 Å². The summed E-state index contributed by atoms with van der Waals surface area (Å²) in [6.07, 6.45) is 0.766. The summed E-state index contributed by atoms with van der Waals surface area (Å²) in [7, 11) is 0. The van der Waals surface area contributed by atoms with E-state index in [9.17, 15) is 5.26 Å². The quantitative estimate of drug-likeness (QED) is 0.833. The third-order valence-corrected chi connectivity index (χ3v) is 3.54. The van der Waals surface area contributed by atoms with Crippen LogP contribution in [0.2, 0.25) is 0 Å². The van der Waals surface area contributed by atoms with E-state index in [4.69, 9.17) is 10.1 Å². The largest absolute Gasteiger partial charge is 0.375 e. The zero-order valence-electron chi connectivity index (χ0n) is 10.4. The number of nitrogens with one attached hydrogen (secondary N) is 1. The summed E-state index contributed by atoms with van der Waals surface area (Å²) >= 11 is 0. The lowest BCUT2D eigenvalue weighted by Crippen LogP contribution is -2.47. The van der Waals surface area contributed by atoms with Crippen LogP contribution in [0.5, 0.6) is 0 Å². The first-order chi connectivity index (χ1) is 9.31. The highest BCUT2D eigenvalue weighted by molar-refractivity contribution is 6.07. The second-order valence-electron chi connectivity index (χ2n) is 4.68. The standard InChI is InChI=1S/C14H14N4O/c15-8-12-11-6-7-19-9-13(11)17-18(14(12)16)10-4-2-1-3-5-10/h1-5,11-12,16H,6-7,9H2. The summed E-state index contributed by atoms with van der Waals surface area (Å²) in [5, 5.41) is 23.6. The number of hydrazone groups is 1. The number of benzene rings is 1. The molecule has 0 aliphatic carbocycles. The van der Waals surface area contributed by atoms with Crippen molar-refractivity contribution in [3.05, 3.63) is 30.3 Å². The summed E-state index contributed by atoms with van der Waals surface area (Å²) in [6.45, 7) is 1.10. The lowest BCUT2D eigenvalue weighted by atomic mass is 9.83. The van der Waals surface area contributed by atoms with E-state index in [0.717, 1.165) is 17.8 Å². The highest BCUT2D eigenvalue weighted by atomic mass is 16.5. The molecule has 1 aromatic rings. The number of nitriles is 1. The SMILES string of the molecule is N#CC1C(=N)N(c2ccccc2)N=C2COCCC21. The Bertz CT molecular complexity index is 561. The van der Waals surface area contributed by atoms with Gasteiger partial charge in [-0.1, -0.05) is 18.2 Å². The van der Waals surface area contributed by atoms with Crippen LogP contribution in [-0.2, 0) is 4.74 Å². The second-order valence-corrected chi connectivity index (χ2v) is 4.68. The van der Waals surface area contributed by atoms with Gasteiger partial charge in [-0.2, -0.15) is 10.4 Å². The van der Waals surface area contributed by atoms with Gasteiger partial charge in [0.2, 0.25) is 0 Å². The van der Waals surface area contributed by atoms with Gasteiger partial charge in [0.1, 0.15) is 11.8 Å². The number of fused-ring (bicyclic) bond motifs is 1. The van der Waals surface area contributed by atoms with Crippen molar-refractivity contribution in [3.63, 3.8) is 0 Å². The van der Waals surface area contributed by atoms with Crippen molar-refractivity contribution in [2.75, 3.05) is 18.2 Å². The predicted molar refractivity (Wildman–Crippen MR) is 72.1 cm³/mol. The molecular formula is C14H14N4O. The number of para-hydroxylation sites is 1. The number of ether oxygens (including phenoxy) is 1. The van der Waals surface area contributed by atoms with E-state index in [1.165, 1.54) is 0 Å². The van der Waals surface area contributed by atoms with Crippen LogP contribution in [0.25, 0.3) is 0 Å². The van der Waals surface area contributed by atoms with Gasteiger partial charge < -0.3 is 4.74 Å². The Hall–Kier alpha value is -2.19. The van der Waals surface area contributed by atoms with Crippen LogP contribution in [0.15, 0.2) is 35.4 Å². The summed E-state index contributed by atoms with van der Waals surface area (Å²) in [4.78, 5) is 0. The Morgan fingerprint density at radius 1 is 1.37 bits per heavy atom. The van der Waals surface area contributed by atoms with Crippen LogP contribution in [-0.4, -0.2) is 24.8 Å². The van der Waals surface area contributed by atoms with E-state index >= 15 is 0 Å². The van der Waals surface area contributed by atoms with Crippen molar-refractivity contribution in [3.8, 4) is 6.07 Å². The number of nitrogens with zero attached hydrogens (tertiary/aromatic N) is 3. The van der Waals surface area contributed by atoms with Gasteiger partial charge in [-0.15, -0.1) is 0 Å². The molecule has 96 valence electrons. The van der Waals surface area contributed by atoms with Gasteiger partial charge in [0.15, 0.2) is 0 Å². The zero-order valence-corrected chi connectivity index (χ0v) is 10.4. The summed E-state index contributed by atoms with van der Waals surface area (Å²) in [5.74, 6) is -0.146. The van der Waals surface area contributed by atoms with E-state index in [0.29, 0.717) is 13.2 Å². The normalized spacial score (nSPS) is 26.4. The maximum absolute atomic E-state index is 9.35. The Morgan fingerprint density at radius 3 is 2.89 bits per heavy atom. The zero-order chi connectivity index (χ0) is 13.2. The molecule has 1 saturated heterocycles. The van der Waals surface area contributed by atoms with Crippen LogP contribution in [0.4, 0.5) is 5.69 Å². The average Bonchev–Trinajstić information content (AvgIpc) is 2.47. The first-order valence-electron chi connectivity index (χ1n) is 6.29. The predicted octanol–water partition coefficient (Wildman–Crippen LogP) is 2.02. The highest BCUT2D eigenvalue weighted by Crippen LogP contribution is 2.31. The van der Waals surface area contributed by atoms with E-state index in [1.54, 1.807) is 5.01 Å². The van der Waals surface area contributed by atoms with E-state index in [2.05, 4.69) is 11.2 Å². The van der Waals surface area contributed by atoms with Crippen LogP contribution < -0.4 is 5.01 Å². The van der Waals surface area contributed by atoms with Crippen molar-refractivity contribution >= 4 is 17.2 Å². The van der Waals surface area contributed by atoms with Crippen molar-refractivity contribution in [2.45, 2.75) is 6.42 Å². The molecule has 1 N–H and O–H groups in total. The van der Waals surface area contributed by atoms with Gasteiger partial charge in [-0.05, 0) is 18.6 Å². The molecule has 2 aliphatic rings. The number of rotatable bonds is 1. The fourth-order valence-corrected chi connectivity index (χ4v) is 2.54. The molecule has 0 amide bonds. The van der Waals surface area contributed by atoms with Gasteiger partial charge in [0, 0.05) is 12.5 Å². The minimum absolute atomic E-state index is 0.0335. The second kappa shape index (κ2) is 4.82. The Kier molecular flexibility index (Phi) is 3.02. The maximum atomic E-state index is 9.35. The van der Waals surface area contributed by atoms with Gasteiger partial charge in [0.25, 0.3) is 0 Å². The summed E-state index contributed by atoms with van der Waals surface area (Å²) in [6, 6.07) is 11.7. The molecule has 2 heterocycles. The fraction of sp³-hybridized carbons (Fsp3) is 0.357. The fourth-order valence-electron chi connectivity index (χ4n) is 2.54. The molecule has 2 unspecified atom stereocenters. The topological polar surface area (TPSA) is 72.5 Å². The number of hydrogen-bond acceptors (Lipinski definition) is 4. The third kappa shape index (κ3) is 2.00. The minimum atomic E-state index is -0.434. The Balaban J connectivity index is 2.02. The Morgan fingerprint density at radius 2 is 2.16 bits per heavy atom. The number of amidine groups is 1. The third-order valence-electron chi connectivity index (χ3n) is 3.54. The molecule has 0 spiro atoms. The summed E-state index contributed by atoms with van der Waals surface area (Å²) in [5.41, 5.74) is 1.68. The minimum Gasteiger partial charge on any atom is -0.375 e. The molecule has 3 rings (SSSR count). The summed E-state index contributed by atoms with van der Waals surface area (Å²) < 4.78 is 5.41. The molecule has 0 aromatic heterocycles. The number of anilines is 1. The van der Waals surface area contributed by atoms with Gasteiger partial charge in [-0.3, -0.25) is 5.41 Å². The monoisotopic (exact) mass is 254 g/mol. The Labute approximate surface area is 111 Å². The highest BCUT2D eigenvalue weighted by Gasteiger charge is 2.39. The van der Waals surface area contributed by atoms with Gasteiger partial charge in [0.05, 0.1) is 24.1 Å². The molecular weight excluding hydrogens is 240 g/mol. The molecule has 1 aromatic carbocycles. The molecule has 19 heavy (non-hydrogen) atoms. The maximum Gasteiger partial charge on any atom is 0.140 e. The molecule has 5 heteroatoms. The molecule has 2 aliphatic heterocycles. The molecule has 0 bridgehead atoms. The van der Waals surface area contributed by atoms with Crippen molar-refractivity contribution < 1.29 is 4.74 Å². The van der Waals surface area contributed by atoms with Crippen LogP contribution >= 0.6 is 0 Å². The molecule has 2 atom stereocenters. The van der Waals surface area contributed by atoms with E-state index in [-0.39, 0.29) is 11.8 Å². The first kappa shape index (κ1) is 11.9. The molecule has 0 radical (unpaired) electrons. The lowest BCUT2D eigenvalue weighted by molar-refractivity contribution is 0.133.